The number of furan rings is 1. The third-order valence-electron chi connectivity index (χ3n) is 7.56. The Kier molecular flexibility index (Phi) is 7.02. The topological polar surface area (TPSA) is 102 Å². The van der Waals surface area contributed by atoms with E-state index in [1.807, 2.05) is 37.4 Å². The SMILES string of the molecule is Cn1cncc1C(O)(c1ccc(C(=O)NCc2ccco2)cc1)c1ccc2c(c1)c(-c1cccc(Cl)c1)cc(=O)n2C. The van der Waals surface area contributed by atoms with Crippen molar-refractivity contribution in [2.45, 2.75) is 12.1 Å². The number of hydrogen-bond acceptors (Lipinski definition) is 5. The number of nitrogens with one attached hydrogen (secondary N) is 1. The van der Waals surface area contributed by atoms with Gasteiger partial charge in [-0.2, -0.15) is 0 Å². The first-order chi connectivity index (χ1) is 20.3. The number of nitrogens with zero attached hydrogens (tertiary/aromatic N) is 3. The first-order valence-electron chi connectivity index (χ1n) is 13.3. The molecule has 1 unspecified atom stereocenters. The fraction of sp³-hybridized carbons (Fsp3) is 0.121. The van der Waals surface area contributed by atoms with Gasteiger partial charge in [-0.3, -0.25) is 9.59 Å². The zero-order valence-electron chi connectivity index (χ0n) is 22.9. The molecular weight excluding hydrogens is 552 g/mol. The van der Waals surface area contributed by atoms with Gasteiger partial charge in [-0.1, -0.05) is 41.9 Å². The molecule has 0 aliphatic heterocycles. The number of benzene rings is 3. The van der Waals surface area contributed by atoms with E-state index in [9.17, 15) is 14.7 Å². The summed E-state index contributed by atoms with van der Waals surface area (Å²) in [5, 5.41) is 16.7. The highest BCUT2D eigenvalue weighted by Gasteiger charge is 2.37. The average molecular weight is 579 g/mol. The highest BCUT2D eigenvalue weighted by molar-refractivity contribution is 6.30. The Morgan fingerprint density at radius 1 is 1.00 bits per heavy atom. The van der Waals surface area contributed by atoms with Crippen molar-refractivity contribution in [2.75, 3.05) is 0 Å². The second-order valence-corrected chi connectivity index (χ2v) is 10.6. The number of carbonyl (C=O) groups excluding carboxylic acids is 1. The van der Waals surface area contributed by atoms with Gasteiger partial charge in [0.25, 0.3) is 11.5 Å². The average Bonchev–Trinajstić information content (AvgIpc) is 3.69. The zero-order chi connectivity index (χ0) is 29.4. The van der Waals surface area contributed by atoms with Gasteiger partial charge in [0.05, 0.1) is 36.5 Å². The number of halogens is 1. The zero-order valence-corrected chi connectivity index (χ0v) is 23.7. The van der Waals surface area contributed by atoms with Gasteiger partial charge < -0.3 is 24.0 Å². The van der Waals surface area contributed by atoms with E-state index in [1.54, 1.807) is 89.6 Å². The maximum absolute atomic E-state index is 12.9. The van der Waals surface area contributed by atoms with Crippen LogP contribution in [0, 0.1) is 0 Å². The number of carbonyl (C=O) groups is 1. The number of aryl methyl sites for hydroxylation is 2. The van der Waals surface area contributed by atoms with Crippen LogP contribution in [0.3, 0.4) is 0 Å². The number of imidazole rings is 1. The van der Waals surface area contributed by atoms with Crippen molar-refractivity contribution < 1.29 is 14.3 Å². The van der Waals surface area contributed by atoms with Crippen LogP contribution in [0.4, 0.5) is 0 Å². The predicted octanol–water partition coefficient (Wildman–Crippen LogP) is 5.40. The Bertz CT molecular complexity index is 1980. The molecule has 210 valence electrons. The summed E-state index contributed by atoms with van der Waals surface area (Å²) in [5.41, 5.74) is 2.48. The van der Waals surface area contributed by atoms with E-state index in [1.165, 1.54) is 0 Å². The Morgan fingerprint density at radius 2 is 1.79 bits per heavy atom. The van der Waals surface area contributed by atoms with Crippen molar-refractivity contribution in [1.82, 2.24) is 19.4 Å². The number of fused-ring (bicyclic) bond motifs is 1. The van der Waals surface area contributed by atoms with Gasteiger partial charge in [-0.05, 0) is 70.8 Å². The summed E-state index contributed by atoms with van der Waals surface area (Å²) in [5.74, 6) is 0.385. The molecule has 0 aliphatic carbocycles. The summed E-state index contributed by atoms with van der Waals surface area (Å²) in [6.07, 6.45) is 4.80. The second kappa shape index (κ2) is 10.8. The van der Waals surface area contributed by atoms with Crippen LogP contribution in [-0.2, 0) is 26.2 Å². The lowest BCUT2D eigenvalue weighted by Crippen LogP contribution is -2.31. The maximum Gasteiger partial charge on any atom is 0.251 e. The molecule has 1 atom stereocenters. The molecule has 1 amide bonds. The molecule has 0 saturated carbocycles. The molecule has 0 aliphatic rings. The number of hydrogen-bond donors (Lipinski definition) is 2. The largest absolute Gasteiger partial charge is 0.467 e. The van der Waals surface area contributed by atoms with E-state index < -0.39 is 5.60 Å². The summed E-state index contributed by atoms with van der Waals surface area (Å²) in [7, 11) is 3.53. The van der Waals surface area contributed by atoms with Crippen LogP contribution in [-0.4, -0.2) is 25.1 Å². The van der Waals surface area contributed by atoms with Crippen molar-refractivity contribution >= 4 is 28.4 Å². The number of rotatable bonds is 7. The molecule has 3 aromatic carbocycles. The van der Waals surface area contributed by atoms with Gasteiger partial charge in [0, 0.05) is 36.1 Å². The van der Waals surface area contributed by atoms with Crippen molar-refractivity contribution in [3.8, 4) is 11.1 Å². The van der Waals surface area contributed by atoms with Crippen molar-refractivity contribution in [2.24, 2.45) is 14.1 Å². The summed E-state index contributed by atoms with van der Waals surface area (Å²) in [6, 6.07) is 24.8. The minimum Gasteiger partial charge on any atom is -0.467 e. The van der Waals surface area contributed by atoms with Crippen LogP contribution < -0.4 is 10.9 Å². The molecule has 8 nitrogen and oxygen atoms in total. The Labute approximate surface area is 246 Å². The van der Waals surface area contributed by atoms with E-state index in [2.05, 4.69) is 10.3 Å². The first kappa shape index (κ1) is 27.3. The molecule has 9 heteroatoms. The molecule has 0 spiro atoms. The molecule has 3 aromatic heterocycles. The molecule has 3 heterocycles. The van der Waals surface area contributed by atoms with Crippen molar-refractivity contribution in [3.05, 3.63) is 147 Å². The highest BCUT2D eigenvalue weighted by atomic mass is 35.5. The number of aliphatic hydroxyl groups is 1. The smallest absolute Gasteiger partial charge is 0.251 e. The minimum atomic E-state index is -1.64. The lowest BCUT2D eigenvalue weighted by atomic mass is 9.82. The Morgan fingerprint density at radius 3 is 2.48 bits per heavy atom. The van der Waals surface area contributed by atoms with Crippen LogP contribution in [0.1, 0.15) is 32.9 Å². The number of amides is 1. The van der Waals surface area contributed by atoms with Gasteiger partial charge >= 0.3 is 0 Å². The quantitative estimate of drug-likeness (QED) is 0.264. The van der Waals surface area contributed by atoms with E-state index in [0.29, 0.717) is 44.2 Å². The van der Waals surface area contributed by atoms with E-state index in [4.69, 9.17) is 16.0 Å². The molecule has 0 saturated heterocycles. The van der Waals surface area contributed by atoms with Gasteiger partial charge in [0.15, 0.2) is 5.60 Å². The van der Waals surface area contributed by atoms with Gasteiger partial charge in [-0.25, -0.2) is 4.98 Å². The summed E-state index contributed by atoms with van der Waals surface area (Å²) in [4.78, 5) is 29.9. The summed E-state index contributed by atoms with van der Waals surface area (Å²) >= 11 is 6.30. The van der Waals surface area contributed by atoms with E-state index >= 15 is 0 Å². The third-order valence-corrected chi connectivity index (χ3v) is 7.79. The fourth-order valence-corrected chi connectivity index (χ4v) is 5.48. The van der Waals surface area contributed by atoms with Gasteiger partial charge in [0.2, 0.25) is 0 Å². The first-order valence-corrected chi connectivity index (χ1v) is 13.6. The summed E-state index contributed by atoms with van der Waals surface area (Å²) < 4.78 is 8.62. The lowest BCUT2D eigenvalue weighted by Gasteiger charge is -2.30. The Balaban J connectivity index is 1.47. The second-order valence-electron chi connectivity index (χ2n) is 10.1. The van der Waals surface area contributed by atoms with Gasteiger partial charge in [0.1, 0.15) is 5.76 Å². The van der Waals surface area contributed by atoms with Crippen molar-refractivity contribution in [1.29, 1.82) is 0 Å². The van der Waals surface area contributed by atoms with Crippen LogP contribution in [0.25, 0.3) is 22.0 Å². The van der Waals surface area contributed by atoms with E-state index in [0.717, 1.165) is 10.9 Å². The number of pyridine rings is 1. The molecule has 6 aromatic rings. The molecule has 42 heavy (non-hydrogen) atoms. The van der Waals surface area contributed by atoms with Crippen LogP contribution in [0.5, 0.6) is 0 Å². The van der Waals surface area contributed by atoms with Crippen LogP contribution >= 0.6 is 11.6 Å². The molecule has 6 rings (SSSR count). The highest BCUT2D eigenvalue weighted by Crippen LogP contribution is 2.39. The maximum atomic E-state index is 12.9. The standard InChI is InChI=1S/C33H27ClN4O4/c1-37-20-35-19-30(37)33(41,23-10-8-21(9-11-23)32(40)36-18-26-7-4-14-42-26)24-12-13-29-28(16-24)27(17-31(39)38(29)2)22-5-3-6-25(34)15-22/h3-17,19-20,41H,18H2,1-2H3,(H,36,40). The third kappa shape index (κ3) is 4.81. The molecule has 0 radical (unpaired) electrons. The van der Waals surface area contributed by atoms with E-state index in [-0.39, 0.29) is 18.0 Å². The van der Waals surface area contributed by atoms with Crippen molar-refractivity contribution in [3.63, 3.8) is 0 Å². The van der Waals surface area contributed by atoms with Gasteiger partial charge in [-0.15, -0.1) is 0 Å². The molecule has 0 bridgehead atoms. The predicted molar refractivity (Wildman–Crippen MR) is 161 cm³/mol. The van der Waals surface area contributed by atoms with Crippen LogP contribution in [0.2, 0.25) is 5.02 Å². The lowest BCUT2D eigenvalue weighted by molar-refractivity contribution is 0.0947. The normalized spacial score (nSPS) is 12.8. The molecular formula is C33H27ClN4O4. The summed E-state index contributed by atoms with van der Waals surface area (Å²) in [6.45, 7) is 0.265. The molecule has 2 N–H and O–H groups in total. The number of aromatic nitrogens is 3. The monoisotopic (exact) mass is 578 g/mol. The minimum absolute atomic E-state index is 0.159. The fourth-order valence-electron chi connectivity index (χ4n) is 5.29. The molecule has 0 fully saturated rings. The van der Waals surface area contributed by atoms with Crippen LogP contribution in [0.15, 0.2) is 113 Å². The Hall–Kier alpha value is -4.92.